The molecule has 2 nitrogen and oxygen atoms in total. The Bertz CT molecular complexity index is 202. The van der Waals surface area contributed by atoms with E-state index in [1.165, 1.54) is 25.7 Å². The van der Waals surface area contributed by atoms with Gasteiger partial charge in [-0.15, -0.1) is 0 Å². The second kappa shape index (κ2) is 4.45. The van der Waals surface area contributed by atoms with Crippen LogP contribution in [-0.2, 0) is 9.47 Å². The fourth-order valence-electron chi connectivity index (χ4n) is 2.29. The van der Waals surface area contributed by atoms with Crippen LogP contribution in [0.3, 0.4) is 0 Å². The zero-order valence-electron chi connectivity index (χ0n) is 9.05. The molecule has 1 saturated heterocycles. The van der Waals surface area contributed by atoms with Gasteiger partial charge in [-0.3, -0.25) is 0 Å². The quantitative estimate of drug-likeness (QED) is 0.632. The third kappa shape index (κ3) is 2.18. The van der Waals surface area contributed by atoms with E-state index in [0.29, 0.717) is 0 Å². The lowest BCUT2D eigenvalue weighted by atomic mass is 9.89. The lowest BCUT2D eigenvalue weighted by molar-refractivity contribution is -0.171. The van der Waals surface area contributed by atoms with Crippen LogP contribution >= 0.6 is 0 Å². The van der Waals surface area contributed by atoms with Crippen molar-refractivity contribution in [1.29, 1.82) is 0 Å². The van der Waals surface area contributed by atoms with Gasteiger partial charge in [0.1, 0.15) is 0 Å². The summed E-state index contributed by atoms with van der Waals surface area (Å²) >= 11 is 0. The fraction of sp³-hybridized carbons (Fsp3) is 0.833. The molecule has 1 spiro atoms. The van der Waals surface area contributed by atoms with Crippen LogP contribution < -0.4 is 0 Å². The van der Waals surface area contributed by atoms with Crippen molar-refractivity contribution >= 4 is 0 Å². The van der Waals surface area contributed by atoms with Gasteiger partial charge in [-0.2, -0.15) is 0 Å². The van der Waals surface area contributed by atoms with Crippen LogP contribution in [0.1, 0.15) is 45.4 Å². The Morgan fingerprint density at radius 2 is 1.86 bits per heavy atom. The first kappa shape index (κ1) is 10.2. The highest BCUT2D eigenvalue weighted by Gasteiger charge is 2.38. The molecule has 1 aliphatic carbocycles. The Balaban J connectivity index is 1.85. The maximum absolute atomic E-state index is 5.68. The van der Waals surface area contributed by atoms with Gasteiger partial charge in [0.05, 0.1) is 13.2 Å². The normalized spacial score (nSPS) is 25.6. The van der Waals surface area contributed by atoms with Crippen LogP contribution in [0.15, 0.2) is 11.6 Å². The SMILES string of the molecule is CCCC=C1CCC2(CC1)OCCO2. The number of rotatable bonds is 2. The van der Waals surface area contributed by atoms with Gasteiger partial charge in [0, 0.05) is 12.8 Å². The van der Waals surface area contributed by atoms with Crippen molar-refractivity contribution in [1.82, 2.24) is 0 Å². The second-order valence-electron chi connectivity index (χ2n) is 4.26. The van der Waals surface area contributed by atoms with Gasteiger partial charge in [-0.25, -0.2) is 0 Å². The average Bonchev–Trinajstić information content (AvgIpc) is 2.66. The maximum atomic E-state index is 5.68. The molecule has 0 N–H and O–H groups in total. The molecule has 0 radical (unpaired) electrons. The summed E-state index contributed by atoms with van der Waals surface area (Å²) < 4.78 is 11.4. The van der Waals surface area contributed by atoms with E-state index < -0.39 is 0 Å². The van der Waals surface area contributed by atoms with Crippen molar-refractivity contribution in [3.8, 4) is 0 Å². The van der Waals surface area contributed by atoms with Gasteiger partial charge in [-0.1, -0.05) is 25.0 Å². The smallest absolute Gasteiger partial charge is 0.169 e. The topological polar surface area (TPSA) is 18.5 Å². The summed E-state index contributed by atoms with van der Waals surface area (Å²) in [5, 5.41) is 0. The third-order valence-electron chi connectivity index (χ3n) is 3.19. The Labute approximate surface area is 86.3 Å². The standard InChI is InChI=1S/C12H20O2/c1-2-3-4-11-5-7-12(8-6-11)13-9-10-14-12/h4H,2-3,5-10H2,1H3. The molecule has 0 aromatic rings. The summed E-state index contributed by atoms with van der Waals surface area (Å²) in [6, 6.07) is 0. The van der Waals surface area contributed by atoms with Crippen LogP contribution in [-0.4, -0.2) is 19.0 Å². The van der Waals surface area contributed by atoms with E-state index in [4.69, 9.17) is 9.47 Å². The highest BCUT2D eigenvalue weighted by atomic mass is 16.7. The molecule has 0 aromatic heterocycles. The molecule has 1 heterocycles. The van der Waals surface area contributed by atoms with Crippen molar-refractivity contribution in [3.05, 3.63) is 11.6 Å². The van der Waals surface area contributed by atoms with Crippen LogP contribution in [0.25, 0.3) is 0 Å². The lowest BCUT2D eigenvalue weighted by Gasteiger charge is -2.32. The number of hydrogen-bond acceptors (Lipinski definition) is 2. The van der Waals surface area contributed by atoms with Gasteiger partial charge in [0.2, 0.25) is 0 Å². The summed E-state index contributed by atoms with van der Waals surface area (Å²) in [6.07, 6.45) is 9.33. The highest BCUT2D eigenvalue weighted by molar-refractivity contribution is 5.07. The van der Waals surface area contributed by atoms with Crippen LogP contribution in [0.5, 0.6) is 0 Å². The van der Waals surface area contributed by atoms with E-state index in [9.17, 15) is 0 Å². The Kier molecular flexibility index (Phi) is 3.24. The van der Waals surface area contributed by atoms with E-state index in [-0.39, 0.29) is 5.79 Å². The first-order valence-corrected chi connectivity index (χ1v) is 5.80. The second-order valence-corrected chi connectivity index (χ2v) is 4.26. The van der Waals surface area contributed by atoms with Crippen molar-refractivity contribution in [2.75, 3.05) is 13.2 Å². The van der Waals surface area contributed by atoms with E-state index in [0.717, 1.165) is 26.1 Å². The lowest BCUT2D eigenvalue weighted by Crippen LogP contribution is -2.33. The molecule has 80 valence electrons. The summed E-state index contributed by atoms with van der Waals surface area (Å²) in [7, 11) is 0. The minimum atomic E-state index is -0.191. The minimum Gasteiger partial charge on any atom is -0.348 e. The molecule has 2 fully saturated rings. The predicted molar refractivity (Wildman–Crippen MR) is 56.1 cm³/mol. The first-order valence-electron chi connectivity index (χ1n) is 5.80. The van der Waals surface area contributed by atoms with Crippen molar-refractivity contribution in [2.24, 2.45) is 0 Å². The molecule has 0 amide bonds. The first-order chi connectivity index (χ1) is 6.85. The molecule has 1 aliphatic heterocycles. The van der Waals surface area contributed by atoms with Gasteiger partial charge in [0.15, 0.2) is 5.79 Å². The summed E-state index contributed by atoms with van der Waals surface area (Å²) in [5.41, 5.74) is 1.61. The molecular weight excluding hydrogens is 176 g/mol. The van der Waals surface area contributed by atoms with E-state index in [1.54, 1.807) is 5.57 Å². The molecule has 2 rings (SSSR count). The van der Waals surface area contributed by atoms with Crippen LogP contribution in [0.4, 0.5) is 0 Å². The van der Waals surface area contributed by atoms with Gasteiger partial charge < -0.3 is 9.47 Å². The van der Waals surface area contributed by atoms with Crippen molar-refractivity contribution < 1.29 is 9.47 Å². The molecule has 2 heteroatoms. The zero-order chi connectivity index (χ0) is 9.86. The van der Waals surface area contributed by atoms with Gasteiger partial charge >= 0.3 is 0 Å². The monoisotopic (exact) mass is 196 g/mol. The summed E-state index contributed by atoms with van der Waals surface area (Å²) in [6.45, 7) is 3.80. The minimum absolute atomic E-state index is 0.191. The average molecular weight is 196 g/mol. The maximum Gasteiger partial charge on any atom is 0.169 e. The summed E-state index contributed by atoms with van der Waals surface area (Å²) in [4.78, 5) is 0. The molecule has 0 bridgehead atoms. The van der Waals surface area contributed by atoms with E-state index in [1.807, 2.05) is 0 Å². The number of hydrogen-bond donors (Lipinski definition) is 0. The van der Waals surface area contributed by atoms with Gasteiger partial charge in [0.25, 0.3) is 0 Å². The number of unbranched alkanes of at least 4 members (excludes halogenated alkanes) is 1. The Hall–Kier alpha value is -0.340. The molecule has 0 aromatic carbocycles. The highest BCUT2D eigenvalue weighted by Crippen LogP contribution is 2.37. The number of ether oxygens (including phenoxy) is 2. The Morgan fingerprint density at radius 1 is 1.21 bits per heavy atom. The molecule has 2 aliphatic rings. The van der Waals surface area contributed by atoms with Crippen LogP contribution in [0.2, 0.25) is 0 Å². The number of allylic oxidation sites excluding steroid dienone is 2. The largest absolute Gasteiger partial charge is 0.348 e. The van der Waals surface area contributed by atoms with Crippen LogP contribution in [0, 0.1) is 0 Å². The van der Waals surface area contributed by atoms with Crippen molar-refractivity contribution in [3.63, 3.8) is 0 Å². The third-order valence-corrected chi connectivity index (χ3v) is 3.19. The molecular formula is C12H20O2. The van der Waals surface area contributed by atoms with Gasteiger partial charge in [-0.05, 0) is 19.3 Å². The Morgan fingerprint density at radius 3 is 2.43 bits per heavy atom. The van der Waals surface area contributed by atoms with E-state index in [2.05, 4.69) is 13.0 Å². The van der Waals surface area contributed by atoms with E-state index >= 15 is 0 Å². The molecule has 0 atom stereocenters. The summed E-state index contributed by atoms with van der Waals surface area (Å²) in [5.74, 6) is -0.191. The zero-order valence-corrected chi connectivity index (χ0v) is 9.05. The molecule has 1 saturated carbocycles. The molecule has 14 heavy (non-hydrogen) atoms. The predicted octanol–water partition coefficient (Wildman–Crippen LogP) is 3.03. The molecule has 0 unspecified atom stereocenters. The fourth-order valence-corrected chi connectivity index (χ4v) is 2.29. The van der Waals surface area contributed by atoms with Crippen molar-refractivity contribution in [2.45, 2.75) is 51.2 Å².